The van der Waals surface area contributed by atoms with E-state index in [1.807, 2.05) is 0 Å². The standard InChI is InChI=1S/C10H11BrN4/c1-10(2-3-10)15-4-6(11)7-8(12)13-5-14-9(7)15/h4-5H,2-3H2,1H3,(H2,12,13,14). The molecule has 0 radical (unpaired) electrons. The summed E-state index contributed by atoms with van der Waals surface area (Å²) in [6, 6.07) is 0. The highest BCUT2D eigenvalue weighted by molar-refractivity contribution is 9.10. The van der Waals surface area contributed by atoms with E-state index in [1.165, 1.54) is 19.2 Å². The molecule has 0 aromatic carbocycles. The van der Waals surface area contributed by atoms with Gasteiger partial charge >= 0.3 is 0 Å². The zero-order valence-electron chi connectivity index (χ0n) is 8.37. The van der Waals surface area contributed by atoms with Crippen LogP contribution >= 0.6 is 15.9 Å². The second kappa shape index (κ2) is 2.72. The Kier molecular flexibility index (Phi) is 1.66. The molecule has 0 unspecified atom stereocenters. The van der Waals surface area contributed by atoms with Crippen LogP contribution in [0.1, 0.15) is 19.8 Å². The van der Waals surface area contributed by atoms with Crippen LogP contribution in [0.25, 0.3) is 11.0 Å². The van der Waals surface area contributed by atoms with Crippen LogP contribution in [0.3, 0.4) is 0 Å². The fraction of sp³-hybridized carbons (Fsp3) is 0.400. The van der Waals surface area contributed by atoms with Crippen LogP contribution in [0, 0.1) is 0 Å². The Bertz CT molecular complexity index is 542. The van der Waals surface area contributed by atoms with Gasteiger partial charge in [0.15, 0.2) is 0 Å². The summed E-state index contributed by atoms with van der Waals surface area (Å²) in [7, 11) is 0. The molecule has 3 rings (SSSR count). The molecule has 2 N–H and O–H groups in total. The van der Waals surface area contributed by atoms with E-state index in [0.29, 0.717) is 5.82 Å². The predicted molar refractivity (Wildman–Crippen MR) is 62.5 cm³/mol. The Morgan fingerprint density at radius 2 is 2.20 bits per heavy atom. The van der Waals surface area contributed by atoms with Crippen molar-refractivity contribution in [2.24, 2.45) is 0 Å². The normalized spacial score (nSPS) is 18.3. The quantitative estimate of drug-likeness (QED) is 0.862. The van der Waals surface area contributed by atoms with Gasteiger partial charge in [0.1, 0.15) is 17.8 Å². The lowest BCUT2D eigenvalue weighted by Crippen LogP contribution is -2.11. The van der Waals surface area contributed by atoms with Crippen LogP contribution in [-0.2, 0) is 5.54 Å². The van der Waals surface area contributed by atoms with Crippen LogP contribution in [0.5, 0.6) is 0 Å². The maximum atomic E-state index is 5.84. The number of hydrogen-bond donors (Lipinski definition) is 1. The first-order valence-electron chi connectivity index (χ1n) is 4.89. The highest BCUT2D eigenvalue weighted by atomic mass is 79.9. The number of rotatable bonds is 1. The molecule has 4 nitrogen and oxygen atoms in total. The molecule has 0 atom stereocenters. The van der Waals surface area contributed by atoms with Gasteiger partial charge in [-0.1, -0.05) is 0 Å². The van der Waals surface area contributed by atoms with E-state index in [1.54, 1.807) is 0 Å². The lowest BCUT2D eigenvalue weighted by atomic mass is 10.3. The van der Waals surface area contributed by atoms with Crippen LogP contribution in [0.15, 0.2) is 17.0 Å². The van der Waals surface area contributed by atoms with E-state index >= 15 is 0 Å². The molecule has 78 valence electrons. The summed E-state index contributed by atoms with van der Waals surface area (Å²) in [4.78, 5) is 8.32. The molecule has 2 aromatic heterocycles. The molecule has 1 saturated carbocycles. The number of aromatic nitrogens is 3. The zero-order valence-corrected chi connectivity index (χ0v) is 9.95. The third-order valence-corrected chi connectivity index (χ3v) is 3.72. The summed E-state index contributed by atoms with van der Waals surface area (Å²) in [5, 5.41) is 0.922. The Balaban J connectivity index is 2.38. The number of fused-ring (bicyclic) bond motifs is 1. The molecule has 0 aliphatic heterocycles. The number of nitrogens with two attached hydrogens (primary N) is 1. The number of anilines is 1. The molecule has 2 heterocycles. The first-order chi connectivity index (χ1) is 7.12. The van der Waals surface area contributed by atoms with Gasteiger partial charge in [0, 0.05) is 16.2 Å². The van der Waals surface area contributed by atoms with Crippen LogP contribution in [-0.4, -0.2) is 14.5 Å². The predicted octanol–water partition coefficient (Wildman–Crippen LogP) is 2.29. The summed E-state index contributed by atoms with van der Waals surface area (Å²) in [5.41, 5.74) is 6.99. The second-order valence-corrected chi connectivity index (χ2v) is 5.16. The van der Waals surface area contributed by atoms with Crippen molar-refractivity contribution in [2.45, 2.75) is 25.3 Å². The monoisotopic (exact) mass is 266 g/mol. The lowest BCUT2D eigenvalue weighted by molar-refractivity contribution is 0.547. The second-order valence-electron chi connectivity index (χ2n) is 4.30. The minimum Gasteiger partial charge on any atom is -0.383 e. The van der Waals surface area contributed by atoms with Crippen molar-refractivity contribution in [2.75, 3.05) is 5.73 Å². The fourth-order valence-electron chi connectivity index (χ4n) is 1.87. The number of halogens is 1. The Morgan fingerprint density at radius 1 is 1.47 bits per heavy atom. The Hall–Kier alpha value is -1.10. The first-order valence-corrected chi connectivity index (χ1v) is 5.69. The molecule has 1 aliphatic rings. The smallest absolute Gasteiger partial charge is 0.147 e. The van der Waals surface area contributed by atoms with Gasteiger partial charge in [0.25, 0.3) is 0 Å². The average molecular weight is 267 g/mol. The van der Waals surface area contributed by atoms with Crippen molar-refractivity contribution in [3.05, 3.63) is 17.0 Å². The highest BCUT2D eigenvalue weighted by Gasteiger charge is 2.40. The SMILES string of the molecule is CC1(n2cc(Br)c3c(N)ncnc32)CC1. The van der Waals surface area contributed by atoms with Crippen molar-refractivity contribution in [3.63, 3.8) is 0 Å². The van der Waals surface area contributed by atoms with Crippen molar-refractivity contribution < 1.29 is 0 Å². The molecule has 1 fully saturated rings. The number of nitrogens with zero attached hydrogens (tertiary/aromatic N) is 3. The molecule has 2 aromatic rings. The summed E-state index contributed by atoms with van der Waals surface area (Å²) in [6.07, 6.45) is 5.98. The van der Waals surface area contributed by atoms with E-state index in [2.05, 4.69) is 43.6 Å². The molecule has 15 heavy (non-hydrogen) atoms. The molecule has 0 saturated heterocycles. The summed E-state index contributed by atoms with van der Waals surface area (Å²) in [6.45, 7) is 2.23. The third kappa shape index (κ3) is 1.19. The van der Waals surface area contributed by atoms with Crippen LogP contribution in [0.2, 0.25) is 0 Å². The van der Waals surface area contributed by atoms with Gasteiger partial charge in [-0.2, -0.15) is 0 Å². The average Bonchev–Trinajstić information content (AvgIpc) is 2.83. The van der Waals surface area contributed by atoms with Gasteiger partial charge in [0.05, 0.1) is 5.39 Å². The van der Waals surface area contributed by atoms with Gasteiger partial charge in [-0.3, -0.25) is 0 Å². The highest BCUT2D eigenvalue weighted by Crippen LogP contribution is 2.46. The molecular formula is C10H11BrN4. The minimum absolute atomic E-state index is 0.227. The van der Waals surface area contributed by atoms with Gasteiger partial charge in [-0.25, -0.2) is 9.97 Å². The topological polar surface area (TPSA) is 56.7 Å². The van der Waals surface area contributed by atoms with E-state index in [9.17, 15) is 0 Å². The van der Waals surface area contributed by atoms with Crippen molar-refractivity contribution in [1.82, 2.24) is 14.5 Å². The Labute approximate surface area is 95.6 Å². The number of nitrogen functional groups attached to an aromatic ring is 1. The Morgan fingerprint density at radius 3 is 2.87 bits per heavy atom. The molecule has 0 spiro atoms. The van der Waals surface area contributed by atoms with Gasteiger partial charge in [-0.05, 0) is 35.7 Å². The van der Waals surface area contributed by atoms with E-state index in [-0.39, 0.29) is 5.54 Å². The molecular weight excluding hydrogens is 256 g/mol. The summed E-state index contributed by atoms with van der Waals surface area (Å²) >= 11 is 3.51. The van der Waals surface area contributed by atoms with E-state index in [0.717, 1.165) is 15.5 Å². The maximum absolute atomic E-state index is 5.84. The van der Waals surface area contributed by atoms with Crippen LogP contribution in [0.4, 0.5) is 5.82 Å². The summed E-state index contributed by atoms with van der Waals surface area (Å²) in [5.74, 6) is 0.537. The van der Waals surface area contributed by atoms with Crippen molar-refractivity contribution in [3.8, 4) is 0 Å². The molecule has 1 aliphatic carbocycles. The zero-order chi connectivity index (χ0) is 10.6. The van der Waals surface area contributed by atoms with Crippen LogP contribution < -0.4 is 5.73 Å². The number of hydrogen-bond acceptors (Lipinski definition) is 3. The van der Waals surface area contributed by atoms with E-state index < -0.39 is 0 Å². The molecule has 0 bridgehead atoms. The lowest BCUT2D eigenvalue weighted by Gasteiger charge is -2.11. The molecule has 5 heteroatoms. The molecule has 0 amide bonds. The van der Waals surface area contributed by atoms with Crippen molar-refractivity contribution in [1.29, 1.82) is 0 Å². The fourth-order valence-corrected chi connectivity index (χ4v) is 2.46. The van der Waals surface area contributed by atoms with Crippen molar-refractivity contribution >= 4 is 32.8 Å². The van der Waals surface area contributed by atoms with Gasteiger partial charge in [0.2, 0.25) is 0 Å². The summed E-state index contributed by atoms with van der Waals surface area (Å²) < 4.78 is 3.17. The largest absolute Gasteiger partial charge is 0.383 e. The van der Waals surface area contributed by atoms with Gasteiger partial charge < -0.3 is 10.3 Å². The maximum Gasteiger partial charge on any atom is 0.147 e. The van der Waals surface area contributed by atoms with E-state index in [4.69, 9.17) is 5.73 Å². The minimum atomic E-state index is 0.227. The van der Waals surface area contributed by atoms with Gasteiger partial charge in [-0.15, -0.1) is 0 Å². The third-order valence-electron chi connectivity index (χ3n) is 3.12. The first kappa shape index (κ1) is 9.15.